The first-order valence-electron chi connectivity index (χ1n) is 8.81. The molecule has 0 atom stereocenters. The van der Waals surface area contributed by atoms with Gasteiger partial charge in [-0.2, -0.15) is 0 Å². The molecule has 1 aromatic carbocycles. The molecule has 3 rings (SSSR count). The summed E-state index contributed by atoms with van der Waals surface area (Å²) >= 11 is 0. The number of aromatic nitrogens is 1. The van der Waals surface area contributed by atoms with Crippen LogP contribution in [-0.2, 0) is 16.0 Å². The smallest absolute Gasteiger partial charge is 0.374 e. The van der Waals surface area contributed by atoms with E-state index in [1.807, 2.05) is 18.4 Å². The van der Waals surface area contributed by atoms with Crippen LogP contribution in [0.2, 0.25) is 0 Å². The number of fused-ring (bicyclic) bond motifs is 1. The fourth-order valence-electron chi connectivity index (χ4n) is 3.09. The van der Waals surface area contributed by atoms with Gasteiger partial charge >= 0.3 is 5.97 Å². The monoisotopic (exact) mass is 383 g/mol. The Morgan fingerprint density at radius 1 is 1.14 bits per heavy atom. The van der Waals surface area contributed by atoms with Gasteiger partial charge in [0.15, 0.2) is 12.0 Å². The normalized spacial score (nSPS) is 11.0. The number of ether oxygens (including phenoxy) is 2. The summed E-state index contributed by atoms with van der Waals surface area (Å²) < 4.78 is 17.6. The first-order valence-corrected chi connectivity index (χ1v) is 8.81. The number of esters is 1. The van der Waals surface area contributed by atoms with Crippen molar-refractivity contribution >= 4 is 22.7 Å². The van der Waals surface area contributed by atoms with Crippen LogP contribution >= 0.6 is 0 Å². The molecule has 7 heteroatoms. The Labute approximate surface area is 161 Å². The van der Waals surface area contributed by atoms with E-state index >= 15 is 0 Å². The number of carbonyl (C=O) groups is 2. The highest BCUT2D eigenvalue weighted by Crippen LogP contribution is 2.17. The summed E-state index contributed by atoms with van der Waals surface area (Å²) in [6.07, 6.45) is 0. The first-order chi connectivity index (χ1) is 13.4. The lowest BCUT2D eigenvalue weighted by Gasteiger charge is -2.09. The summed E-state index contributed by atoms with van der Waals surface area (Å²) in [4.78, 5) is 36.8. The highest BCUT2D eigenvalue weighted by atomic mass is 16.5. The number of hydrogen-bond donors (Lipinski definition) is 0. The molecule has 0 saturated heterocycles. The Morgan fingerprint density at radius 2 is 1.89 bits per heavy atom. The van der Waals surface area contributed by atoms with Gasteiger partial charge in [-0.25, -0.2) is 4.79 Å². The largest absolute Gasteiger partial charge is 0.451 e. The van der Waals surface area contributed by atoms with E-state index in [4.69, 9.17) is 13.9 Å². The van der Waals surface area contributed by atoms with Crippen LogP contribution in [0.4, 0.5) is 0 Å². The molecule has 0 aliphatic carbocycles. The SMILES string of the molecule is COCCn1c(C)cc(C(=O)COC(=O)c2cc(=O)c3ccccc3o2)c1C. The van der Waals surface area contributed by atoms with Gasteiger partial charge in [0.05, 0.1) is 12.0 Å². The number of ketones is 1. The first kappa shape index (κ1) is 19.6. The third kappa shape index (κ3) is 3.89. The molecule has 7 nitrogen and oxygen atoms in total. The Hall–Kier alpha value is -3.19. The number of Topliss-reactive ketones (excluding diaryl/α,β-unsaturated/α-hetero) is 1. The second-order valence-corrected chi connectivity index (χ2v) is 6.40. The third-order valence-corrected chi connectivity index (χ3v) is 4.56. The Morgan fingerprint density at radius 3 is 2.64 bits per heavy atom. The summed E-state index contributed by atoms with van der Waals surface area (Å²) in [5, 5.41) is 0.374. The van der Waals surface area contributed by atoms with E-state index in [0.29, 0.717) is 24.1 Å². The molecule has 0 aliphatic heterocycles. The summed E-state index contributed by atoms with van der Waals surface area (Å²) in [6, 6.07) is 9.44. The molecule has 28 heavy (non-hydrogen) atoms. The van der Waals surface area contributed by atoms with Crippen LogP contribution in [0.15, 0.2) is 45.6 Å². The van der Waals surface area contributed by atoms with Crippen LogP contribution in [0.1, 0.15) is 32.3 Å². The van der Waals surface area contributed by atoms with Gasteiger partial charge in [0, 0.05) is 36.7 Å². The number of para-hydroxylation sites is 1. The van der Waals surface area contributed by atoms with Gasteiger partial charge in [-0.15, -0.1) is 0 Å². The molecule has 0 saturated carbocycles. The van der Waals surface area contributed by atoms with E-state index in [0.717, 1.165) is 17.5 Å². The summed E-state index contributed by atoms with van der Waals surface area (Å²) in [5.74, 6) is -1.42. The van der Waals surface area contributed by atoms with Crippen LogP contribution < -0.4 is 5.43 Å². The minimum absolute atomic E-state index is 0.234. The second-order valence-electron chi connectivity index (χ2n) is 6.40. The van der Waals surface area contributed by atoms with Crippen molar-refractivity contribution in [3.63, 3.8) is 0 Å². The maximum atomic E-state index is 12.5. The van der Waals surface area contributed by atoms with Crippen molar-refractivity contribution in [3.8, 4) is 0 Å². The van der Waals surface area contributed by atoms with Crippen molar-refractivity contribution in [2.24, 2.45) is 0 Å². The molecule has 2 heterocycles. The van der Waals surface area contributed by atoms with Crippen molar-refractivity contribution in [2.45, 2.75) is 20.4 Å². The molecule has 0 unspecified atom stereocenters. The molecule has 0 N–H and O–H groups in total. The van der Waals surface area contributed by atoms with Gasteiger partial charge < -0.3 is 18.5 Å². The minimum atomic E-state index is -0.857. The topological polar surface area (TPSA) is 87.7 Å². The van der Waals surface area contributed by atoms with Crippen LogP contribution in [-0.4, -0.2) is 36.6 Å². The van der Waals surface area contributed by atoms with Crippen LogP contribution in [0.5, 0.6) is 0 Å². The van der Waals surface area contributed by atoms with Gasteiger partial charge in [0.1, 0.15) is 5.58 Å². The van der Waals surface area contributed by atoms with Crippen molar-refractivity contribution in [1.29, 1.82) is 0 Å². The number of methoxy groups -OCH3 is 1. The maximum absolute atomic E-state index is 12.5. The van der Waals surface area contributed by atoms with E-state index in [-0.39, 0.29) is 22.6 Å². The number of nitrogens with zero attached hydrogens (tertiary/aromatic N) is 1. The molecule has 2 aromatic heterocycles. The zero-order valence-corrected chi connectivity index (χ0v) is 16.0. The van der Waals surface area contributed by atoms with Crippen molar-refractivity contribution in [1.82, 2.24) is 4.57 Å². The standard InChI is InChI=1S/C21H21NO6/c1-13-10-16(14(2)22(13)8-9-26-3)18(24)12-27-21(25)20-11-17(23)15-6-4-5-7-19(15)28-20/h4-7,10-11H,8-9,12H2,1-3H3. The second kappa shape index (κ2) is 8.22. The van der Waals surface area contributed by atoms with Gasteiger partial charge in [-0.3, -0.25) is 9.59 Å². The molecule has 0 radical (unpaired) electrons. The Balaban J connectivity index is 1.73. The average molecular weight is 383 g/mol. The van der Waals surface area contributed by atoms with Gasteiger partial charge in [-0.1, -0.05) is 12.1 Å². The summed E-state index contributed by atoms with van der Waals surface area (Å²) in [7, 11) is 1.62. The molecule has 3 aromatic rings. The van der Waals surface area contributed by atoms with E-state index < -0.39 is 12.6 Å². The number of benzene rings is 1. The van der Waals surface area contributed by atoms with E-state index in [2.05, 4.69) is 0 Å². The molecule has 0 amide bonds. The summed E-state index contributed by atoms with van der Waals surface area (Å²) in [6.45, 7) is 4.45. The van der Waals surface area contributed by atoms with Crippen LogP contribution in [0.25, 0.3) is 11.0 Å². The van der Waals surface area contributed by atoms with Gasteiger partial charge in [-0.05, 0) is 32.0 Å². The quantitative estimate of drug-likeness (QED) is 0.460. The van der Waals surface area contributed by atoms with Gasteiger partial charge in [0.25, 0.3) is 0 Å². The minimum Gasteiger partial charge on any atom is -0.451 e. The van der Waals surface area contributed by atoms with Gasteiger partial charge in [0.2, 0.25) is 11.5 Å². The Bertz CT molecular complexity index is 1090. The van der Waals surface area contributed by atoms with Crippen molar-refractivity contribution < 1.29 is 23.5 Å². The average Bonchev–Trinajstić information content (AvgIpc) is 2.98. The molecule has 0 spiro atoms. The van der Waals surface area contributed by atoms with Crippen LogP contribution in [0.3, 0.4) is 0 Å². The number of rotatable bonds is 7. The van der Waals surface area contributed by atoms with Crippen LogP contribution in [0, 0.1) is 13.8 Å². The van der Waals surface area contributed by atoms with E-state index in [1.54, 1.807) is 37.4 Å². The molecule has 0 bridgehead atoms. The lowest BCUT2D eigenvalue weighted by molar-refractivity contribution is 0.0444. The number of aryl methyl sites for hydroxylation is 1. The third-order valence-electron chi connectivity index (χ3n) is 4.56. The fourth-order valence-corrected chi connectivity index (χ4v) is 3.09. The molecular weight excluding hydrogens is 362 g/mol. The van der Waals surface area contributed by atoms with Crippen molar-refractivity contribution in [2.75, 3.05) is 20.3 Å². The molecule has 0 fully saturated rings. The molecule has 146 valence electrons. The lowest BCUT2D eigenvalue weighted by atomic mass is 10.1. The number of hydrogen-bond acceptors (Lipinski definition) is 6. The van der Waals surface area contributed by atoms with E-state index in [1.165, 1.54) is 0 Å². The lowest BCUT2D eigenvalue weighted by Crippen LogP contribution is -2.16. The number of carbonyl (C=O) groups excluding carboxylic acids is 2. The molecular formula is C21H21NO6. The zero-order valence-electron chi connectivity index (χ0n) is 16.0. The highest BCUT2D eigenvalue weighted by molar-refractivity contribution is 6.00. The molecule has 0 aliphatic rings. The predicted octanol–water partition coefficient (Wildman–Crippen LogP) is 2.90. The highest BCUT2D eigenvalue weighted by Gasteiger charge is 2.19. The Kier molecular flexibility index (Phi) is 5.75. The van der Waals surface area contributed by atoms with Crippen molar-refractivity contribution in [3.05, 3.63) is 69.3 Å². The fraction of sp³-hybridized carbons (Fsp3) is 0.286. The van der Waals surface area contributed by atoms with E-state index in [9.17, 15) is 14.4 Å². The predicted molar refractivity (Wildman–Crippen MR) is 103 cm³/mol. The summed E-state index contributed by atoms with van der Waals surface area (Å²) in [5.41, 5.74) is 2.13. The maximum Gasteiger partial charge on any atom is 0.374 e. The zero-order chi connectivity index (χ0) is 20.3.